The molecule has 3 aliphatic rings. The van der Waals surface area contributed by atoms with Crippen LogP contribution in [0.5, 0.6) is 11.5 Å². The van der Waals surface area contributed by atoms with Crippen LogP contribution in [0.25, 0.3) is 11.1 Å². The minimum Gasteiger partial charge on any atom is -0.454 e. The smallest absolute Gasteiger partial charge is 0.243 e. The highest BCUT2D eigenvalue weighted by atomic mass is 32.2. The molecule has 1 aliphatic carbocycles. The molecule has 9 heteroatoms. The number of sulfonamides is 1. The lowest BCUT2D eigenvalue weighted by molar-refractivity contribution is -0.118. The molecule has 0 unspecified atom stereocenters. The summed E-state index contributed by atoms with van der Waals surface area (Å²) in [5.41, 5.74) is 2.81. The molecule has 6 rings (SSSR count). The second-order valence-corrected chi connectivity index (χ2v) is 12.0. The molecule has 1 saturated heterocycles. The van der Waals surface area contributed by atoms with Crippen LogP contribution in [0.15, 0.2) is 71.6 Å². The lowest BCUT2D eigenvalue weighted by atomic mass is 9.94. The molecule has 2 aliphatic heterocycles. The molecular weight excluding hydrogens is 504 g/mol. The van der Waals surface area contributed by atoms with Crippen LogP contribution in [-0.4, -0.2) is 51.7 Å². The number of nitrogens with zero attached hydrogens (tertiary/aromatic N) is 1. The summed E-state index contributed by atoms with van der Waals surface area (Å²) in [5.74, 6) is 1.32. The number of nitrogens with one attached hydrogen (secondary N) is 1. The SMILES string of the molecule is COC[C@@H]1CCCN1S(=O)(=O)c1ccc(-c2cccc(NC(=O)C3(c4ccc5c(c4)OCO5)CC3)c2)cc1. The third-order valence-electron chi connectivity index (χ3n) is 7.71. The molecule has 198 valence electrons. The van der Waals surface area contributed by atoms with Gasteiger partial charge in [-0.1, -0.05) is 30.3 Å². The third kappa shape index (κ3) is 4.44. The highest BCUT2D eigenvalue weighted by Crippen LogP contribution is 2.51. The van der Waals surface area contributed by atoms with Crippen molar-refractivity contribution < 1.29 is 27.4 Å². The molecule has 3 aromatic carbocycles. The van der Waals surface area contributed by atoms with Crippen LogP contribution < -0.4 is 14.8 Å². The van der Waals surface area contributed by atoms with Crippen molar-refractivity contribution in [3.8, 4) is 22.6 Å². The average Bonchev–Trinajstić information content (AvgIpc) is 3.37. The second-order valence-electron chi connectivity index (χ2n) is 10.1. The van der Waals surface area contributed by atoms with Crippen molar-refractivity contribution in [2.75, 3.05) is 32.4 Å². The monoisotopic (exact) mass is 534 g/mol. The summed E-state index contributed by atoms with van der Waals surface area (Å²) in [6.45, 7) is 1.10. The van der Waals surface area contributed by atoms with E-state index in [1.54, 1.807) is 23.5 Å². The molecule has 1 N–H and O–H groups in total. The Morgan fingerprint density at radius 3 is 2.58 bits per heavy atom. The van der Waals surface area contributed by atoms with E-state index in [4.69, 9.17) is 14.2 Å². The molecule has 2 fully saturated rings. The summed E-state index contributed by atoms with van der Waals surface area (Å²) in [4.78, 5) is 13.6. The molecule has 0 aromatic heterocycles. The lowest BCUT2D eigenvalue weighted by Gasteiger charge is -2.23. The molecule has 38 heavy (non-hydrogen) atoms. The topological polar surface area (TPSA) is 94.2 Å². The van der Waals surface area contributed by atoms with E-state index < -0.39 is 15.4 Å². The van der Waals surface area contributed by atoms with Crippen LogP contribution in [0.2, 0.25) is 0 Å². The van der Waals surface area contributed by atoms with Gasteiger partial charge in [0.2, 0.25) is 22.7 Å². The quantitative estimate of drug-likeness (QED) is 0.456. The Kier molecular flexibility index (Phi) is 6.37. The first-order valence-corrected chi connectivity index (χ1v) is 14.3. The Morgan fingerprint density at radius 2 is 1.82 bits per heavy atom. The fourth-order valence-corrected chi connectivity index (χ4v) is 7.11. The molecule has 1 amide bonds. The Labute approximate surface area is 222 Å². The van der Waals surface area contributed by atoms with E-state index >= 15 is 0 Å². The van der Waals surface area contributed by atoms with Crippen molar-refractivity contribution in [2.45, 2.75) is 42.0 Å². The zero-order valence-electron chi connectivity index (χ0n) is 21.2. The van der Waals surface area contributed by atoms with Gasteiger partial charge in [-0.05, 0) is 78.8 Å². The first-order valence-electron chi connectivity index (χ1n) is 12.8. The summed E-state index contributed by atoms with van der Waals surface area (Å²) in [5, 5.41) is 3.09. The molecule has 1 atom stereocenters. The number of benzene rings is 3. The molecule has 1 saturated carbocycles. The Balaban J connectivity index is 1.18. The van der Waals surface area contributed by atoms with Gasteiger partial charge < -0.3 is 19.5 Å². The predicted molar refractivity (Wildman–Crippen MR) is 143 cm³/mol. The van der Waals surface area contributed by atoms with E-state index in [1.807, 2.05) is 54.6 Å². The van der Waals surface area contributed by atoms with Gasteiger partial charge in [-0.2, -0.15) is 4.31 Å². The normalized spacial score (nSPS) is 19.9. The van der Waals surface area contributed by atoms with Gasteiger partial charge in [-0.3, -0.25) is 4.79 Å². The molecule has 0 radical (unpaired) electrons. The van der Waals surface area contributed by atoms with Gasteiger partial charge in [0.15, 0.2) is 11.5 Å². The van der Waals surface area contributed by atoms with Gasteiger partial charge in [0.1, 0.15) is 0 Å². The molecule has 0 bridgehead atoms. The minimum atomic E-state index is -3.59. The van der Waals surface area contributed by atoms with Crippen molar-refractivity contribution in [2.24, 2.45) is 0 Å². The maximum Gasteiger partial charge on any atom is 0.243 e. The number of hydrogen-bond donors (Lipinski definition) is 1. The van der Waals surface area contributed by atoms with Gasteiger partial charge in [-0.25, -0.2) is 8.42 Å². The predicted octanol–water partition coefficient (Wildman–Crippen LogP) is 4.55. The highest BCUT2D eigenvalue weighted by molar-refractivity contribution is 7.89. The Morgan fingerprint density at radius 1 is 1.03 bits per heavy atom. The van der Waals surface area contributed by atoms with Crippen LogP contribution in [0.3, 0.4) is 0 Å². The van der Waals surface area contributed by atoms with Gasteiger partial charge in [-0.15, -0.1) is 0 Å². The highest BCUT2D eigenvalue weighted by Gasteiger charge is 2.51. The van der Waals surface area contributed by atoms with Crippen LogP contribution in [0, 0.1) is 0 Å². The summed E-state index contributed by atoms with van der Waals surface area (Å²) in [6.07, 6.45) is 3.19. The van der Waals surface area contributed by atoms with Crippen LogP contribution in [0.4, 0.5) is 5.69 Å². The lowest BCUT2D eigenvalue weighted by Crippen LogP contribution is -2.38. The molecule has 3 aromatic rings. The number of hydrogen-bond acceptors (Lipinski definition) is 6. The molecule has 0 spiro atoms. The summed E-state index contributed by atoms with van der Waals surface area (Å²) >= 11 is 0. The average molecular weight is 535 g/mol. The maximum atomic E-state index is 13.3. The molecular formula is C29H30N2O6S. The van der Waals surface area contributed by atoms with Crippen molar-refractivity contribution in [1.82, 2.24) is 4.31 Å². The number of ether oxygens (including phenoxy) is 3. The van der Waals surface area contributed by atoms with Crippen LogP contribution in [-0.2, 0) is 25.0 Å². The number of fused-ring (bicyclic) bond motifs is 1. The van der Waals surface area contributed by atoms with Crippen molar-refractivity contribution in [1.29, 1.82) is 0 Å². The number of carbonyl (C=O) groups is 1. The number of amides is 1. The first-order chi connectivity index (χ1) is 18.4. The van der Waals surface area contributed by atoms with Gasteiger partial charge >= 0.3 is 0 Å². The van der Waals surface area contributed by atoms with E-state index in [0.29, 0.717) is 30.3 Å². The van der Waals surface area contributed by atoms with Crippen LogP contribution >= 0.6 is 0 Å². The number of carbonyl (C=O) groups excluding carboxylic acids is 1. The fraction of sp³-hybridized carbons (Fsp3) is 0.345. The maximum absolute atomic E-state index is 13.3. The fourth-order valence-electron chi connectivity index (χ4n) is 5.43. The van der Waals surface area contributed by atoms with Crippen molar-refractivity contribution >= 4 is 21.6 Å². The van der Waals surface area contributed by atoms with Gasteiger partial charge in [0, 0.05) is 25.4 Å². The van der Waals surface area contributed by atoms with Gasteiger partial charge in [0.05, 0.1) is 16.9 Å². The van der Waals surface area contributed by atoms with E-state index in [2.05, 4.69) is 5.32 Å². The number of methoxy groups -OCH3 is 1. The summed E-state index contributed by atoms with van der Waals surface area (Å²) in [7, 11) is -2.00. The zero-order chi connectivity index (χ0) is 26.3. The summed E-state index contributed by atoms with van der Waals surface area (Å²) in [6, 6.07) is 20.1. The standard InChI is InChI=1S/C29H30N2O6S/c1-35-18-24-6-3-15-31(24)38(33,34)25-10-7-20(8-11-25)21-4-2-5-23(16-21)30-28(32)29(13-14-29)22-9-12-26-27(17-22)37-19-36-26/h2,4-5,7-12,16-17,24H,3,6,13-15,18-19H2,1H3,(H,30,32)/t24-/m0/s1. The molecule has 8 nitrogen and oxygen atoms in total. The van der Waals surface area contributed by atoms with E-state index in [0.717, 1.165) is 42.4 Å². The van der Waals surface area contributed by atoms with Crippen LogP contribution in [0.1, 0.15) is 31.2 Å². The molecule has 2 heterocycles. The first kappa shape index (κ1) is 24.9. The minimum absolute atomic E-state index is 0.0498. The van der Waals surface area contributed by atoms with Crippen molar-refractivity contribution in [3.05, 3.63) is 72.3 Å². The van der Waals surface area contributed by atoms with E-state index in [9.17, 15) is 13.2 Å². The van der Waals surface area contributed by atoms with E-state index in [1.165, 1.54) is 0 Å². The van der Waals surface area contributed by atoms with Crippen molar-refractivity contribution in [3.63, 3.8) is 0 Å². The largest absolute Gasteiger partial charge is 0.454 e. The summed E-state index contributed by atoms with van der Waals surface area (Å²) < 4.78 is 44.1. The second kappa shape index (κ2) is 9.72. The van der Waals surface area contributed by atoms with Gasteiger partial charge in [0.25, 0.3) is 0 Å². The third-order valence-corrected chi connectivity index (χ3v) is 9.67. The Bertz CT molecular complexity index is 1470. The van der Waals surface area contributed by atoms with E-state index in [-0.39, 0.29) is 23.6 Å². The Hall–Kier alpha value is -3.40. The zero-order valence-corrected chi connectivity index (χ0v) is 22.0. The number of anilines is 1. The number of rotatable bonds is 8.